The molecule has 5 rings (SSSR count). The van der Waals surface area contributed by atoms with E-state index in [-0.39, 0.29) is 17.6 Å². The first-order valence-corrected chi connectivity index (χ1v) is 11.4. The quantitative estimate of drug-likeness (QED) is 0.533. The number of aromatic nitrogens is 1. The molecule has 1 aliphatic carbocycles. The Hall–Kier alpha value is -3.94. The van der Waals surface area contributed by atoms with E-state index in [1.807, 2.05) is 43.3 Å². The van der Waals surface area contributed by atoms with Gasteiger partial charge in [-0.1, -0.05) is 17.3 Å². The lowest BCUT2D eigenvalue weighted by Gasteiger charge is -2.35. The Morgan fingerprint density at radius 1 is 0.914 bits per heavy atom. The van der Waals surface area contributed by atoms with Gasteiger partial charge in [-0.05, 0) is 43.0 Å². The van der Waals surface area contributed by atoms with Crippen LogP contribution in [0.5, 0.6) is 23.0 Å². The van der Waals surface area contributed by atoms with Crippen molar-refractivity contribution in [2.45, 2.75) is 31.6 Å². The minimum Gasteiger partial charge on any atom is -0.497 e. The third-order valence-corrected chi connectivity index (χ3v) is 6.89. The van der Waals surface area contributed by atoms with Crippen LogP contribution in [-0.2, 0) is 4.79 Å². The van der Waals surface area contributed by atoms with Gasteiger partial charge in [0.1, 0.15) is 11.5 Å². The zero-order valence-corrected chi connectivity index (χ0v) is 20.4. The van der Waals surface area contributed by atoms with Crippen LogP contribution in [0.4, 0.5) is 5.88 Å². The number of carbonyl (C=O) groups excluding carboxylic acids is 1. The molecule has 0 radical (unpaired) electrons. The number of fused-ring (bicyclic) bond motifs is 1. The summed E-state index contributed by atoms with van der Waals surface area (Å²) < 4.78 is 27.6. The van der Waals surface area contributed by atoms with Gasteiger partial charge in [0.15, 0.2) is 17.3 Å². The fourth-order valence-corrected chi connectivity index (χ4v) is 5.18. The molecule has 8 heteroatoms. The second-order valence-corrected chi connectivity index (χ2v) is 8.71. The van der Waals surface area contributed by atoms with Crippen LogP contribution in [0.1, 0.15) is 47.1 Å². The Bertz CT molecular complexity index is 1330. The van der Waals surface area contributed by atoms with Gasteiger partial charge in [-0.2, -0.15) is 0 Å². The van der Waals surface area contributed by atoms with E-state index in [0.717, 1.165) is 33.7 Å². The van der Waals surface area contributed by atoms with Crippen LogP contribution >= 0.6 is 0 Å². The number of aryl methyl sites for hydroxylation is 1. The third kappa shape index (κ3) is 3.79. The molecule has 0 spiro atoms. The molecule has 1 N–H and O–H groups in total. The number of methoxy groups -OCH3 is 4. The number of allylic oxidation sites excluding steroid dienone is 2. The number of ketones is 1. The summed E-state index contributed by atoms with van der Waals surface area (Å²) in [7, 11) is 6.44. The fraction of sp³-hybridized carbons (Fsp3) is 0.333. The van der Waals surface area contributed by atoms with E-state index < -0.39 is 0 Å². The van der Waals surface area contributed by atoms with Crippen molar-refractivity contribution in [1.29, 1.82) is 0 Å². The van der Waals surface area contributed by atoms with Crippen LogP contribution in [0.15, 0.2) is 52.2 Å². The van der Waals surface area contributed by atoms with Gasteiger partial charge < -0.3 is 28.8 Å². The SMILES string of the molecule is COc1ccc([C@@H]2C3=C(C[C@H](c4ccc(OC)c(OC)c4)CC3=O)Nc3onc(C)c32)c(OC)c1. The van der Waals surface area contributed by atoms with Gasteiger partial charge in [0.05, 0.1) is 45.6 Å². The molecule has 0 saturated carbocycles. The van der Waals surface area contributed by atoms with Crippen LogP contribution in [0, 0.1) is 6.92 Å². The average Bonchev–Trinajstić information content (AvgIpc) is 3.26. The Morgan fingerprint density at radius 3 is 2.40 bits per heavy atom. The molecule has 0 bridgehead atoms. The van der Waals surface area contributed by atoms with E-state index in [1.165, 1.54) is 0 Å². The van der Waals surface area contributed by atoms with Crippen LogP contribution in [0.3, 0.4) is 0 Å². The number of ether oxygens (including phenoxy) is 4. The molecule has 2 aliphatic rings. The summed E-state index contributed by atoms with van der Waals surface area (Å²) in [6.45, 7) is 1.89. The minimum absolute atomic E-state index is 0.0162. The van der Waals surface area contributed by atoms with E-state index in [4.69, 9.17) is 23.5 Å². The number of rotatable bonds is 6. The van der Waals surface area contributed by atoms with Crippen molar-refractivity contribution in [2.24, 2.45) is 0 Å². The molecule has 0 amide bonds. The first-order chi connectivity index (χ1) is 17.0. The molecule has 0 saturated heterocycles. The Morgan fingerprint density at radius 2 is 1.69 bits per heavy atom. The van der Waals surface area contributed by atoms with Gasteiger partial charge in [0, 0.05) is 29.3 Å². The molecule has 0 unspecified atom stereocenters. The van der Waals surface area contributed by atoms with Crippen molar-refractivity contribution in [1.82, 2.24) is 5.16 Å². The zero-order chi connectivity index (χ0) is 24.7. The van der Waals surface area contributed by atoms with Crippen LogP contribution in [0.2, 0.25) is 0 Å². The maximum atomic E-state index is 13.8. The number of carbonyl (C=O) groups is 1. The van der Waals surface area contributed by atoms with Crippen molar-refractivity contribution in [3.63, 3.8) is 0 Å². The summed E-state index contributed by atoms with van der Waals surface area (Å²) in [5, 5.41) is 7.56. The number of hydrogen-bond acceptors (Lipinski definition) is 8. The summed E-state index contributed by atoms with van der Waals surface area (Å²) in [5.74, 6) is 2.89. The highest BCUT2D eigenvalue weighted by molar-refractivity contribution is 6.01. The van der Waals surface area contributed by atoms with Crippen molar-refractivity contribution in [3.05, 3.63) is 70.1 Å². The maximum absolute atomic E-state index is 13.8. The van der Waals surface area contributed by atoms with Gasteiger partial charge in [-0.25, -0.2) is 0 Å². The highest BCUT2D eigenvalue weighted by Gasteiger charge is 2.42. The number of nitrogens with one attached hydrogen (secondary N) is 1. The number of Topliss-reactive ketones (excluding diaryl/α,β-unsaturated/α-hetero) is 1. The molecule has 35 heavy (non-hydrogen) atoms. The number of hydrogen-bond donors (Lipinski definition) is 1. The van der Waals surface area contributed by atoms with E-state index in [0.29, 0.717) is 41.7 Å². The molecule has 3 aromatic rings. The second kappa shape index (κ2) is 9.02. The van der Waals surface area contributed by atoms with E-state index >= 15 is 0 Å². The van der Waals surface area contributed by atoms with E-state index in [2.05, 4.69) is 10.5 Å². The van der Waals surface area contributed by atoms with Gasteiger partial charge in [-0.3, -0.25) is 4.79 Å². The van der Waals surface area contributed by atoms with Crippen LogP contribution in [-0.4, -0.2) is 39.4 Å². The molecular formula is C27H28N2O6. The molecule has 1 aromatic heterocycles. The molecule has 182 valence electrons. The highest BCUT2D eigenvalue weighted by atomic mass is 16.5. The summed E-state index contributed by atoms with van der Waals surface area (Å²) in [6, 6.07) is 11.5. The smallest absolute Gasteiger partial charge is 0.233 e. The lowest BCUT2D eigenvalue weighted by molar-refractivity contribution is -0.116. The molecule has 1 aliphatic heterocycles. The predicted molar refractivity (Wildman–Crippen MR) is 130 cm³/mol. The minimum atomic E-state index is -0.354. The Kier molecular flexibility index (Phi) is 5.88. The number of anilines is 1. The topological polar surface area (TPSA) is 92.1 Å². The lowest BCUT2D eigenvalue weighted by atomic mass is 9.72. The maximum Gasteiger partial charge on any atom is 0.233 e. The van der Waals surface area contributed by atoms with Crippen LogP contribution in [0.25, 0.3) is 0 Å². The Balaban J connectivity index is 1.61. The molecule has 8 nitrogen and oxygen atoms in total. The van der Waals surface area contributed by atoms with Crippen molar-refractivity contribution >= 4 is 11.7 Å². The van der Waals surface area contributed by atoms with E-state index in [9.17, 15) is 4.79 Å². The van der Waals surface area contributed by atoms with Gasteiger partial charge >= 0.3 is 0 Å². The highest BCUT2D eigenvalue weighted by Crippen LogP contribution is 2.51. The first kappa shape index (κ1) is 22.8. The summed E-state index contributed by atoms with van der Waals surface area (Å²) >= 11 is 0. The summed E-state index contributed by atoms with van der Waals surface area (Å²) in [6.07, 6.45) is 1.02. The standard InChI is InChI=1S/C27H28N2O6/c1-14-24-25(18-8-7-17(31-2)13-22(18)33-4)26-19(28-27(24)35-29-14)10-16(11-20(26)30)15-6-9-21(32-3)23(12-15)34-5/h6-9,12-13,16,25,28H,10-11H2,1-5H3/t16-,25-/m0/s1. The molecule has 2 atom stereocenters. The predicted octanol–water partition coefficient (Wildman–Crippen LogP) is 4.98. The Labute approximate surface area is 203 Å². The molecular weight excluding hydrogens is 448 g/mol. The largest absolute Gasteiger partial charge is 0.497 e. The van der Waals surface area contributed by atoms with Crippen molar-refractivity contribution in [2.75, 3.05) is 33.8 Å². The number of benzene rings is 2. The van der Waals surface area contributed by atoms with Gasteiger partial charge in [0.2, 0.25) is 5.88 Å². The molecule has 0 fully saturated rings. The normalized spacial score (nSPS) is 18.9. The zero-order valence-electron chi connectivity index (χ0n) is 20.4. The third-order valence-electron chi connectivity index (χ3n) is 6.89. The summed E-state index contributed by atoms with van der Waals surface area (Å²) in [5.41, 5.74) is 5.04. The van der Waals surface area contributed by atoms with Crippen molar-refractivity contribution in [3.8, 4) is 23.0 Å². The van der Waals surface area contributed by atoms with Gasteiger partial charge in [0.25, 0.3) is 0 Å². The second-order valence-electron chi connectivity index (χ2n) is 8.71. The molecule has 2 aromatic carbocycles. The van der Waals surface area contributed by atoms with Crippen molar-refractivity contribution < 1.29 is 28.3 Å². The molecule has 2 heterocycles. The lowest BCUT2D eigenvalue weighted by Crippen LogP contribution is -2.29. The van der Waals surface area contributed by atoms with Crippen LogP contribution < -0.4 is 24.3 Å². The number of nitrogens with zero attached hydrogens (tertiary/aromatic N) is 1. The van der Waals surface area contributed by atoms with E-state index in [1.54, 1.807) is 28.4 Å². The monoisotopic (exact) mass is 476 g/mol. The average molecular weight is 477 g/mol. The summed E-state index contributed by atoms with van der Waals surface area (Å²) in [4.78, 5) is 13.8. The fourth-order valence-electron chi connectivity index (χ4n) is 5.18. The van der Waals surface area contributed by atoms with Gasteiger partial charge in [-0.15, -0.1) is 0 Å². The first-order valence-electron chi connectivity index (χ1n) is 11.4.